The summed E-state index contributed by atoms with van der Waals surface area (Å²) < 4.78 is 0. The van der Waals surface area contributed by atoms with E-state index < -0.39 is 0 Å². The summed E-state index contributed by atoms with van der Waals surface area (Å²) in [5, 5.41) is 3.57. The van der Waals surface area contributed by atoms with Crippen molar-refractivity contribution in [3.63, 3.8) is 0 Å². The Labute approximate surface area is 107 Å². The van der Waals surface area contributed by atoms with Crippen LogP contribution in [0.25, 0.3) is 0 Å². The molecule has 0 bridgehead atoms. The van der Waals surface area contributed by atoms with Crippen molar-refractivity contribution in [2.45, 2.75) is 37.9 Å². The van der Waals surface area contributed by atoms with Crippen molar-refractivity contribution in [1.82, 2.24) is 0 Å². The molecule has 0 fully saturated rings. The molecule has 0 radical (unpaired) electrons. The number of thioether (sulfide) groups is 1. The van der Waals surface area contributed by atoms with Gasteiger partial charge < -0.3 is 0 Å². The van der Waals surface area contributed by atoms with Gasteiger partial charge in [0, 0.05) is 10.3 Å². The van der Waals surface area contributed by atoms with Crippen LogP contribution in [0.2, 0.25) is 5.02 Å². The fraction of sp³-hybridized carbons (Fsp3) is 0.429. The largest absolute Gasteiger partial charge is 0.127 e. The first kappa shape index (κ1) is 12.1. The molecule has 0 amide bonds. The molecule has 86 valence electrons. The predicted octanol–water partition coefficient (Wildman–Crippen LogP) is 5.33. The molecule has 1 aromatic carbocycles. The van der Waals surface area contributed by atoms with Gasteiger partial charge in [-0.1, -0.05) is 37.6 Å². The van der Waals surface area contributed by atoms with Crippen LogP contribution in [0.5, 0.6) is 0 Å². The summed E-state index contributed by atoms with van der Waals surface area (Å²) in [6, 6.07) is 6.31. The summed E-state index contributed by atoms with van der Waals surface area (Å²) in [6.45, 7) is 6.83. The monoisotopic (exact) mass is 252 g/mol. The minimum atomic E-state index is 0.173. The van der Waals surface area contributed by atoms with Gasteiger partial charge in [0.15, 0.2) is 0 Å². The van der Waals surface area contributed by atoms with Crippen molar-refractivity contribution < 1.29 is 0 Å². The Hall–Kier alpha value is -0.400. The van der Waals surface area contributed by atoms with Gasteiger partial charge in [0.1, 0.15) is 0 Å². The summed E-state index contributed by atoms with van der Waals surface area (Å²) in [5.41, 5.74) is 2.99. The van der Waals surface area contributed by atoms with E-state index in [0.717, 1.165) is 11.4 Å². The molecule has 0 saturated heterocycles. The average molecular weight is 253 g/mol. The molecule has 1 aromatic rings. The van der Waals surface area contributed by atoms with Crippen LogP contribution >= 0.6 is 23.4 Å². The normalized spacial score (nSPS) is 25.4. The number of fused-ring (bicyclic) bond motifs is 1. The molecule has 1 unspecified atom stereocenters. The zero-order chi connectivity index (χ0) is 11.8. The highest BCUT2D eigenvalue weighted by atomic mass is 35.5. The second-order valence-corrected chi connectivity index (χ2v) is 6.66. The lowest BCUT2D eigenvalue weighted by molar-refractivity contribution is 0.528. The summed E-state index contributed by atoms with van der Waals surface area (Å²) in [6.07, 6.45) is 3.34. The van der Waals surface area contributed by atoms with Crippen LogP contribution in [0, 0.1) is 0 Å². The minimum absolute atomic E-state index is 0.173. The van der Waals surface area contributed by atoms with E-state index in [4.69, 9.17) is 11.6 Å². The first-order valence-electron chi connectivity index (χ1n) is 5.61. The van der Waals surface area contributed by atoms with Crippen LogP contribution in [0.15, 0.2) is 29.7 Å². The van der Waals surface area contributed by atoms with Crippen LogP contribution in [-0.2, 0) is 5.41 Å². The third kappa shape index (κ3) is 2.31. The lowest BCUT2D eigenvalue weighted by Gasteiger charge is -2.30. The van der Waals surface area contributed by atoms with E-state index in [1.807, 2.05) is 17.8 Å². The maximum absolute atomic E-state index is 6.12. The number of hydrogen-bond donors (Lipinski definition) is 0. The van der Waals surface area contributed by atoms with Crippen LogP contribution in [0.1, 0.15) is 43.6 Å². The molecule has 1 aliphatic rings. The number of halogens is 1. The molecule has 0 saturated carbocycles. The molecule has 16 heavy (non-hydrogen) atoms. The molecule has 1 heterocycles. The van der Waals surface area contributed by atoms with Crippen LogP contribution in [0.3, 0.4) is 0 Å². The van der Waals surface area contributed by atoms with E-state index in [1.165, 1.54) is 11.1 Å². The van der Waals surface area contributed by atoms with Gasteiger partial charge in [0.25, 0.3) is 0 Å². The van der Waals surface area contributed by atoms with Gasteiger partial charge >= 0.3 is 0 Å². The number of hydrogen-bond acceptors (Lipinski definition) is 1. The molecule has 1 atom stereocenters. The topological polar surface area (TPSA) is 0 Å². The van der Waals surface area contributed by atoms with E-state index in [9.17, 15) is 0 Å². The highest BCUT2D eigenvalue weighted by molar-refractivity contribution is 8.02. The number of rotatable bonds is 0. The van der Waals surface area contributed by atoms with Gasteiger partial charge in [-0.15, -0.1) is 11.8 Å². The first-order chi connectivity index (χ1) is 7.50. The van der Waals surface area contributed by atoms with Crippen molar-refractivity contribution in [3.05, 3.63) is 45.8 Å². The van der Waals surface area contributed by atoms with Gasteiger partial charge in [-0.2, -0.15) is 0 Å². The van der Waals surface area contributed by atoms with Crippen LogP contribution < -0.4 is 0 Å². The lowest BCUT2D eigenvalue weighted by Crippen LogP contribution is -2.19. The molecule has 2 rings (SSSR count). The summed E-state index contributed by atoms with van der Waals surface area (Å²) in [7, 11) is 0. The predicted molar refractivity (Wildman–Crippen MR) is 74.2 cm³/mol. The molecule has 0 nitrogen and oxygen atoms in total. The zero-order valence-electron chi connectivity index (χ0n) is 9.96. The Bertz CT molecular complexity index is 421. The summed E-state index contributed by atoms with van der Waals surface area (Å²) >= 11 is 8.00. The van der Waals surface area contributed by atoms with E-state index in [1.54, 1.807) is 0 Å². The van der Waals surface area contributed by atoms with Gasteiger partial charge in [0.05, 0.1) is 0 Å². The third-order valence-electron chi connectivity index (χ3n) is 3.19. The average Bonchev–Trinajstić information content (AvgIpc) is 2.23. The van der Waals surface area contributed by atoms with Crippen LogP contribution in [0.4, 0.5) is 0 Å². The minimum Gasteiger partial charge on any atom is -0.127 e. The van der Waals surface area contributed by atoms with Gasteiger partial charge in [-0.05, 0) is 47.4 Å². The third-order valence-corrected chi connectivity index (χ3v) is 4.44. The maximum atomic E-state index is 6.12. The highest BCUT2D eigenvalue weighted by Crippen LogP contribution is 2.41. The second-order valence-electron chi connectivity index (χ2n) is 4.97. The van der Waals surface area contributed by atoms with Crippen molar-refractivity contribution in [2.75, 3.05) is 0 Å². The van der Waals surface area contributed by atoms with E-state index in [0.29, 0.717) is 5.25 Å². The van der Waals surface area contributed by atoms with Crippen LogP contribution in [-0.4, -0.2) is 0 Å². The van der Waals surface area contributed by atoms with E-state index in [2.05, 4.69) is 44.4 Å². The summed E-state index contributed by atoms with van der Waals surface area (Å²) in [4.78, 5) is 0. The molecule has 0 N–H and O–H groups in total. The SMILES string of the molecule is CC1S/C=C\CC(C)(C)c2cc(Cl)ccc21. The highest BCUT2D eigenvalue weighted by Gasteiger charge is 2.26. The Morgan fingerprint density at radius 3 is 2.88 bits per heavy atom. The van der Waals surface area contributed by atoms with Gasteiger partial charge in [-0.3, -0.25) is 0 Å². The molecule has 0 aromatic heterocycles. The molecule has 2 heteroatoms. The zero-order valence-corrected chi connectivity index (χ0v) is 11.5. The molecule has 0 spiro atoms. The Morgan fingerprint density at radius 1 is 1.38 bits per heavy atom. The quantitative estimate of drug-likeness (QED) is 0.601. The Balaban J connectivity index is 2.57. The van der Waals surface area contributed by atoms with Crippen molar-refractivity contribution in [3.8, 4) is 0 Å². The van der Waals surface area contributed by atoms with Crippen molar-refractivity contribution in [2.24, 2.45) is 0 Å². The Kier molecular flexibility index (Phi) is 3.37. The second kappa shape index (κ2) is 4.46. The van der Waals surface area contributed by atoms with E-state index in [-0.39, 0.29) is 5.41 Å². The molecular formula is C14H17ClS. The van der Waals surface area contributed by atoms with Gasteiger partial charge in [0.2, 0.25) is 0 Å². The molecular weight excluding hydrogens is 236 g/mol. The lowest BCUT2D eigenvalue weighted by atomic mass is 9.78. The standard InChI is InChI=1S/C14H17ClS/c1-10-12-6-5-11(15)9-13(12)14(2,3)7-4-8-16-10/h4-6,8-10H,7H2,1-3H3/b8-4-. The first-order valence-corrected chi connectivity index (χ1v) is 6.93. The number of allylic oxidation sites excluding steroid dienone is 1. The maximum Gasteiger partial charge on any atom is 0.0409 e. The summed E-state index contributed by atoms with van der Waals surface area (Å²) in [5.74, 6) is 0. The van der Waals surface area contributed by atoms with Crippen molar-refractivity contribution >= 4 is 23.4 Å². The fourth-order valence-electron chi connectivity index (χ4n) is 2.17. The Morgan fingerprint density at radius 2 is 2.12 bits per heavy atom. The number of benzene rings is 1. The van der Waals surface area contributed by atoms with Crippen molar-refractivity contribution in [1.29, 1.82) is 0 Å². The smallest absolute Gasteiger partial charge is 0.0409 e. The molecule has 0 aliphatic carbocycles. The fourth-order valence-corrected chi connectivity index (χ4v) is 3.14. The van der Waals surface area contributed by atoms with E-state index >= 15 is 0 Å². The molecule has 1 aliphatic heterocycles. The van der Waals surface area contributed by atoms with Gasteiger partial charge in [-0.25, -0.2) is 0 Å².